The second-order valence-corrected chi connectivity index (χ2v) is 6.12. The molecule has 1 rings (SSSR count). The van der Waals surface area contributed by atoms with Gasteiger partial charge in [-0.2, -0.15) is 0 Å². The fraction of sp³-hybridized carbons (Fsp3) is 0.474. The van der Waals surface area contributed by atoms with Crippen molar-refractivity contribution in [1.29, 1.82) is 0 Å². The van der Waals surface area contributed by atoms with Crippen LogP contribution >= 0.6 is 11.6 Å². The number of Topliss-reactive ketones (excluding diaryl/α,β-unsaturated/α-hetero) is 1. The van der Waals surface area contributed by atoms with E-state index in [0.717, 1.165) is 0 Å². The lowest BCUT2D eigenvalue weighted by Crippen LogP contribution is -2.55. The zero-order chi connectivity index (χ0) is 21.3. The minimum Gasteiger partial charge on any atom is -0.466 e. The summed E-state index contributed by atoms with van der Waals surface area (Å²) in [5, 5.41) is 11.4. The molecule has 0 aliphatic rings. The third kappa shape index (κ3) is 5.77. The van der Waals surface area contributed by atoms with Crippen molar-refractivity contribution in [2.24, 2.45) is 5.92 Å². The Labute approximate surface area is 167 Å². The van der Waals surface area contributed by atoms with Gasteiger partial charge in [0.25, 0.3) is 0 Å². The van der Waals surface area contributed by atoms with Gasteiger partial charge < -0.3 is 19.3 Å². The Hall–Kier alpha value is -2.45. The number of rotatable bonds is 10. The highest BCUT2D eigenvalue weighted by Gasteiger charge is 2.55. The summed E-state index contributed by atoms with van der Waals surface area (Å²) in [7, 11) is 0. The second-order valence-electron chi connectivity index (χ2n) is 5.68. The van der Waals surface area contributed by atoms with Gasteiger partial charge in [-0.15, -0.1) is 0 Å². The van der Waals surface area contributed by atoms with Crippen molar-refractivity contribution >= 4 is 35.3 Å². The lowest BCUT2D eigenvalue weighted by atomic mass is 9.79. The van der Waals surface area contributed by atoms with Gasteiger partial charge in [0.1, 0.15) is 0 Å². The van der Waals surface area contributed by atoms with Crippen LogP contribution in [0.2, 0.25) is 5.02 Å². The Morgan fingerprint density at radius 3 is 2.00 bits per heavy atom. The molecule has 0 aliphatic heterocycles. The number of esters is 3. The van der Waals surface area contributed by atoms with Crippen LogP contribution in [-0.4, -0.2) is 54.2 Å². The quantitative estimate of drug-likeness (QED) is 0.267. The average molecular weight is 415 g/mol. The Morgan fingerprint density at radius 2 is 1.50 bits per heavy atom. The van der Waals surface area contributed by atoms with Crippen molar-refractivity contribution in [3.63, 3.8) is 0 Å². The Morgan fingerprint density at radius 1 is 0.964 bits per heavy atom. The zero-order valence-corrected chi connectivity index (χ0v) is 16.7. The van der Waals surface area contributed by atoms with E-state index >= 15 is 0 Å². The molecule has 0 spiro atoms. The van der Waals surface area contributed by atoms with E-state index in [-0.39, 0.29) is 25.4 Å². The normalized spacial score (nSPS) is 13.8. The molecule has 0 fully saturated rings. The van der Waals surface area contributed by atoms with Crippen LogP contribution in [0.15, 0.2) is 24.3 Å². The third-order valence-electron chi connectivity index (χ3n) is 3.74. The van der Waals surface area contributed by atoms with Gasteiger partial charge in [0.2, 0.25) is 0 Å². The Balaban J connectivity index is 3.46. The molecule has 1 N–H and O–H groups in total. The molecule has 0 amide bonds. The maximum atomic E-state index is 13.0. The van der Waals surface area contributed by atoms with Gasteiger partial charge in [0, 0.05) is 10.6 Å². The van der Waals surface area contributed by atoms with Crippen LogP contribution in [0.25, 0.3) is 0 Å². The highest BCUT2D eigenvalue weighted by atomic mass is 35.5. The number of benzene rings is 1. The van der Waals surface area contributed by atoms with E-state index in [0.29, 0.717) is 5.02 Å². The molecule has 0 radical (unpaired) electrons. The van der Waals surface area contributed by atoms with Gasteiger partial charge in [0.05, 0.1) is 26.2 Å². The fourth-order valence-corrected chi connectivity index (χ4v) is 2.63. The van der Waals surface area contributed by atoms with E-state index in [1.807, 2.05) is 0 Å². The molecular formula is C19H23ClO8. The average Bonchev–Trinajstić information content (AvgIpc) is 2.62. The zero-order valence-electron chi connectivity index (χ0n) is 15.9. The predicted octanol–water partition coefficient (Wildman–Crippen LogP) is 1.95. The number of carbonyl (C=O) groups excluding carboxylic acids is 4. The topological polar surface area (TPSA) is 116 Å². The first kappa shape index (κ1) is 23.6. The van der Waals surface area contributed by atoms with Crippen molar-refractivity contribution in [1.82, 2.24) is 0 Å². The maximum absolute atomic E-state index is 13.0. The van der Waals surface area contributed by atoms with E-state index < -0.39 is 41.6 Å². The molecule has 8 nitrogen and oxygen atoms in total. The summed E-state index contributed by atoms with van der Waals surface area (Å²) >= 11 is 5.81. The maximum Gasteiger partial charge on any atom is 0.340 e. The van der Waals surface area contributed by atoms with Gasteiger partial charge in [-0.3, -0.25) is 14.4 Å². The number of hydrogen-bond donors (Lipinski definition) is 1. The molecule has 0 saturated carbocycles. The van der Waals surface area contributed by atoms with Crippen molar-refractivity contribution in [2.75, 3.05) is 19.8 Å². The minimum absolute atomic E-state index is 0.00552. The standard InChI is InChI=1S/C19H23ClO8/c1-4-26-14(21)11-19(25,18(24)28-6-3)15(17(23)27-5-2)16(22)12-7-9-13(20)10-8-12/h7-10,15,25H,4-6,11H2,1-3H3. The van der Waals surface area contributed by atoms with Crippen LogP contribution in [0.4, 0.5) is 0 Å². The lowest BCUT2D eigenvalue weighted by molar-refractivity contribution is -0.182. The SMILES string of the molecule is CCOC(=O)CC(O)(C(=O)OCC)C(C(=O)OCC)C(=O)c1ccc(Cl)cc1. The number of hydrogen-bond acceptors (Lipinski definition) is 8. The molecule has 0 aromatic heterocycles. The Bertz CT molecular complexity index is 715. The molecule has 2 atom stereocenters. The van der Waals surface area contributed by atoms with E-state index in [2.05, 4.69) is 0 Å². The Kier molecular flexibility index (Phi) is 9.08. The van der Waals surface area contributed by atoms with Crippen LogP contribution in [0, 0.1) is 5.92 Å². The van der Waals surface area contributed by atoms with Crippen LogP contribution < -0.4 is 0 Å². The fourth-order valence-electron chi connectivity index (χ4n) is 2.51. The van der Waals surface area contributed by atoms with E-state index in [4.69, 9.17) is 25.8 Å². The third-order valence-corrected chi connectivity index (χ3v) is 3.99. The van der Waals surface area contributed by atoms with Crippen LogP contribution in [0.5, 0.6) is 0 Å². The van der Waals surface area contributed by atoms with Crippen molar-refractivity contribution in [3.05, 3.63) is 34.9 Å². The highest BCUT2D eigenvalue weighted by Crippen LogP contribution is 2.30. The van der Waals surface area contributed by atoms with Crippen molar-refractivity contribution < 1.29 is 38.5 Å². The minimum atomic E-state index is -2.80. The lowest BCUT2D eigenvalue weighted by Gasteiger charge is -2.30. The largest absolute Gasteiger partial charge is 0.466 e. The smallest absolute Gasteiger partial charge is 0.340 e. The highest BCUT2D eigenvalue weighted by molar-refractivity contribution is 6.30. The summed E-state index contributed by atoms with van der Waals surface area (Å²) in [5.74, 6) is -6.39. The van der Waals surface area contributed by atoms with E-state index in [1.54, 1.807) is 0 Å². The van der Waals surface area contributed by atoms with Crippen molar-refractivity contribution in [3.8, 4) is 0 Å². The van der Waals surface area contributed by atoms with Crippen LogP contribution in [0.3, 0.4) is 0 Å². The summed E-state index contributed by atoms with van der Waals surface area (Å²) in [6.45, 7) is 4.23. The molecule has 0 aliphatic carbocycles. The predicted molar refractivity (Wildman–Crippen MR) is 98.7 cm³/mol. The van der Waals surface area contributed by atoms with Gasteiger partial charge in [-0.1, -0.05) is 11.6 Å². The van der Waals surface area contributed by atoms with Crippen LogP contribution in [0.1, 0.15) is 37.6 Å². The summed E-state index contributed by atoms with van der Waals surface area (Å²) in [5.41, 5.74) is -2.81. The van der Waals surface area contributed by atoms with Gasteiger partial charge in [-0.25, -0.2) is 4.79 Å². The van der Waals surface area contributed by atoms with Crippen LogP contribution in [-0.2, 0) is 28.6 Å². The van der Waals surface area contributed by atoms with Gasteiger partial charge >= 0.3 is 17.9 Å². The molecular weight excluding hydrogens is 392 g/mol. The molecule has 9 heteroatoms. The van der Waals surface area contributed by atoms with Crippen molar-refractivity contribution in [2.45, 2.75) is 32.8 Å². The molecule has 0 saturated heterocycles. The molecule has 0 bridgehead atoms. The molecule has 154 valence electrons. The summed E-state index contributed by atoms with van der Waals surface area (Å²) in [6.07, 6.45) is -0.956. The number of carbonyl (C=O) groups is 4. The van der Waals surface area contributed by atoms with Gasteiger partial charge in [0.15, 0.2) is 17.3 Å². The second kappa shape index (κ2) is 10.8. The van der Waals surface area contributed by atoms with E-state index in [9.17, 15) is 24.3 Å². The molecule has 2 unspecified atom stereocenters. The monoisotopic (exact) mass is 414 g/mol. The number of ketones is 1. The first-order chi connectivity index (χ1) is 13.2. The number of ether oxygens (including phenoxy) is 3. The summed E-state index contributed by atoms with van der Waals surface area (Å²) in [6, 6.07) is 5.47. The molecule has 1 aromatic rings. The summed E-state index contributed by atoms with van der Waals surface area (Å²) in [4.78, 5) is 50.0. The molecule has 0 heterocycles. The summed E-state index contributed by atoms with van der Waals surface area (Å²) < 4.78 is 14.5. The molecule has 28 heavy (non-hydrogen) atoms. The number of aliphatic hydroxyl groups is 1. The number of halogens is 1. The first-order valence-corrected chi connectivity index (χ1v) is 9.10. The molecule has 1 aromatic carbocycles. The van der Waals surface area contributed by atoms with E-state index in [1.165, 1.54) is 45.0 Å². The van der Waals surface area contributed by atoms with Gasteiger partial charge in [-0.05, 0) is 45.0 Å². The first-order valence-electron chi connectivity index (χ1n) is 8.72.